The molecule has 0 bridgehead atoms. The minimum Gasteiger partial charge on any atom is -0.330 e. The zero-order valence-corrected chi connectivity index (χ0v) is 12.5. The Balaban J connectivity index is 2.13. The first-order valence-corrected chi connectivity index (χ1v) is 7.23. The Hall–Kier alpha value is -1.09. The lowest BCUT2D eigenvalue weighted by Gasteiger charge is -2.16. The van der Waals surface area contributed by atoms with E-state index in [0.717, 1.165) is 5.56 Å². The molecular weight excluding hydrogens is 296 g/mol. The summed E-state index contributed by atoms with van der Waals surface area (Å²) in [5.41, 5.74) is 7.44. The van der Waals surface area contributed by atoms with Gasteiger partial charge in [0.25, 0.3) is 0 Å². The minimum atomic E-state index is -0.192. The molecule has 0 aromatic heterocycles. The maximum Gasteiger partial charge on any atom is 0.126 e. The van der Waals surface area contributed by atoms with Gasteiger partial charge >= 0.3 is 0 Å². The summed E-state index contributed by atoms with van der Waals surface area (Å²) in [5.74, 6) is -0.0639. The first kappa shape index (κ1) is 15.3. The predicted octanol–water partition coefficient (Wildman–Crippen LogP) is 4.49. The molecule has 2 aromatic rings. The monoisotopic (exact) mass is 311 g/mol. The van der Waals surface area contributed by atoms with Crippen LogP contribution < -0.4 is 5.73 Å². The van der Waals surface area contributed by atoms with Crippen molar-refractivity contribution < 1.29 is 4.39 Å². The van der Waals surface area contributed by atoms with Gasteiger partial charge in [0.15, 0.2) is 0 Å². The second kappa shape index (κ2) is 7.07. The third-order valence-electron chi connectivity index (χ3n) is 3.32. The molecule has 106 valence electrons. The summed E-state index contributed by atoms with van der Waals surface area (Å²) in [6.07, 6.45) is 1.27. The van der Waals surface area contributed by atoms with Gasteiger partial charge in [-0.3, -0.25) is 0 Å². The highest BCUT2D eigenvalue weighted by Crippen LogP contribution is 2.24. The molecule has 1 atom stereocenters. The van der Waals surface area contributed by atoms with Crippen molar-refractivity contribution in [3.8, 4) is 0 Å². The molecule has 2 rings (SSSR count). The lowest BCUT2D eigenvalue weighted by Crippen LogP contribution is -2.20. The van der Waals surface area contributed by atoms with Gasteiger partial charge in [0, 0.05) is 10.0 Å². The number of hydrogen-bond acceptors (Lipinski definition) is 1. The highest BCUT2D eigenvalue weighted by Gasteiger charge is 2.13. The second-order valence-corrected chi connectivity index (χ2v) is 5.68. The first-order valence-electron chi connectivity index (χ1n) is 6.47. The number of benzene rings is 2. The average molecular weight is 312 g/mol. The van der Waals surface area contributed by atoms with E-state index >= 15 is 0 Å². The normalized spacial score (nSPS) is 12.4. The van der Waals surface area contributed by atoms with Gasteiger partial charge in [-0.05, 0) is 60.7 Å². The van der Waals surface area contributed by atoms with E-state index < -0.39 is 0 Å². The van der Waals surface area contributed by atoms with Crippen LogP contribution >= 0.6 is 23.2 Å². The van der Waals surface area contributed by atoms with E-state index in [0.29, 0.717) is 35.0 Å². The standard InChI is InChI=1S/C16H16Cl2FN/c17-14-5-6-15(18)13(9-14)8-11(10-20)7-12-3-1-2-4-16(12)19/h1-6,9,11H,7-8,10,20H2. The number of rotatable bonds is 5. The Morgan fingerprint density at radius 2 is 1.70 bits per heavy atom. The van der Waals surface area contributed by atoms with Crippen LogP contribution in [0.15, 0.2) is 42.5 Å². The van der Waals surface area contributed by atoms with Gasteiger partial charge in [-0.1, -0.05) is 41.4 Å². The van der Waals surface area contributed by atoms with E-state index in [1.54, 1.807) is 24.3 Å². The Kier molecular flexibility index (Phi) is 5.41. The van der Waals surface area contributed by atoms with Crippen molar-refractivity contribution in [3.63, 3.8) is 0 Å². The maximum absolute atomic E-state index is 13.7. The third kappa shape index (κ3) is 3.95. The van der Waals surface area contributed by atoms with Crippen molar-refractivity contribution in [1.29, 1.82) is 0 Å². The van der Waals surface area contributed by atoms with Crippen LogP contribution in [0.3, 0.4) is 0 Å². The smallest absolute Gasteiger partial charge is 0.126 e. The molecule has 0 fully saturated rings. The summed E-state index contributed by atoms with van der Waals surface area (Å²) in [6.45, 7) is 0.469. The zero-order valence-electron chi connectivity index (χ0n) is 11.0. The molecule has 0 amide bonds. The summed E-state index contributed by atoms with van der Waals surface area (Å²) < 4.78 is 13.7. The molecule has 1 nitrogen and oxygen atoms in total. The van der Waals surface area contributed by atoms with Gasteiger partial charge in [0.1, 0.15) is 5.82 Å². The molecule has 0 heterocycles. The van der Waals surface area contributed by atoms with Crippen molar-refractivity contribution in [1.82, 2.24) is 0 Å². The molecule has 20 heavy (non-hydrogen) atoms. The topological polar surface area (TPSA) is 26.0 Å². The van der Waals surface area contributed by atoms with Crippen molar-refractivity contribution >= 4 is 23.2 Å². The molecule has 0 saturated heterocycles. The SMILES string of the molecule is NCC(Cc1ccccc1F)Cc1cc(Cl)ccc1Cl. The Morgan fingerprint density at radius 1 is 1.00 bits per heavy atom. The largest absolute Gasteiger partial charge is 0.330 e. The maximum atomic E-state index is 13.7. The van der Waals surface area contributed by atoms with Gasteiger partial charge in [-0.15, -0.1) is 0 Å². The highest BCUT2D eigenvalue weighted by molar-refractivity contribution is 6.33. The molecule has 4 heteroatoms. The summed E-state index contributed by atoms with van der Waals surface area (Å²) >= 11 is 12.1. The van der Waals surface area contributed by atoms with Crippen molar-refractivity contribution in [2.75, 3.05) is 6.54 Å². The fourth-order valence-electron chi connectivity index (χ4n) is 2.22. The quantitative estimate of drug-likeness (QED) is 0.865. The Morgan fingerprint density at radius 3 is 2.40 bits per heavy atom. The van der Waals surface area contributed by atoms with Gasteiger partial charge in [-0.2, -0.15) is 0 Å². The lowest BCUT2D eigenvalue weighted by atomic mass is 9.92. The van der Waals surface area contributed by atoms with Crippen LogP contribution in [0, 0.1) is 11.7 Å². The summed E-state index contributed by atoms with van der Waals surface area (Å²) in [4.78, 5) is 0. The highest BCUT2D eigenvalue weighted by atomic mass is 35.5. The first-order chi connectivity index (χ1) is 9.60. The molecule has 0 aliphatic carbocycles. The molecule has 1 unspecified atom stereocenters. The van der Waals surface area contributed by atoms with Crippen molar-refractivity contribution in [2.24, 2.45) is 11.7 Å². The second-order valence-electron chi connectivity index (χ2n) is 4.84. The van der Waals surface area contributed by atoms with Gasteiger partial charge < -0.3 is 5.73 Å². The van der Waals surface area contributed by atoms with Crippen LogP contribution in [0.5, 0.6) is 0 Å². The zero-order chi connectivity index (χ0) is 14.5. The molecule has 0 saturated carbocycles. The molecule has 0 spiro atoms. The van der Waals surface area contributed by atoms with Crippen molar-refractivity contribution in [3.05, 3.63) is 69.5 Å². The summed E-state index contributed by atoms with van der Waals surface area (Å²) in [5, 5.41) is 1.31. The van der Waals surface area contributed by atoms with E-state index in [-0.39, 0.29) is 11.7 Å². The van der Waals surface area contributed by atoms with E-state index in [4.69, 9.17) is 28.9 Å². The predicted molar refractivity (Wildman–Crippen MR) is 82.8 cm³/mol. The fourth-order valence-corrected chi connectivity index (χ4v) is 2.61. The van der Waals surface area contributed by atoms with Crippen LogP contribution in [0.4, 0.5) is 4.39 Å². The molecule has 0 radical (unpaired) electrons. The summed E-state index contributed by atoms with van der Waals surface area (Å²) in [7, 11) is 0. The minimum absolute atomic E-state index is 0.128. The van der Waals surface area contributed by atoms with E-state index in [1.165, 1.54) is 6.07 Å². The number of hydrogen-bond donors (Lipinski definition) is 1. The van der Waals surface area contributed by atoms with Gasteiger partial charge in [0.2, 0.25) is 0 Å². The average Bonchev–Trinajstić information content (AvgIpc) is 2.44. The van der Waals surface area contributed by atoms with Crippen LogP contribution in [-0.4, -0.2) is 6.54 Å². The molecule has 2 N–H and O–H groups in total. The van der Waals surface area contributed by atoms with Crippen LogP contribution in [0.25, 0.3) is 0 Å². The van der Waals surface area contributed by atoms with Crippen LogP contribution in [-0.2, 0) is 12.8 Å². The lowest BCUT2D eigenvalue weighted by molar-refractivity contribution is 0.512. The molecule has 0 aliphatic rings. The number of halogens is 3. The third-order valence-corrected chi connectivity index (χ3v) is 3.92. The van der Waals surface area contributed by atoms with Crippen molar-refractivity contribution in [2.45, 2.75) is 12.8 Å². The Bertz CT molecular complexity index is 586. The van der Waals surface area contributed by atoms with E-state index in [1.807, 2.05) is 12.1 Å². The number of nitrogens with two attached hydrogens (primary N) is 1. The summed E-state index contributed by atoms with van der Waals surface area (Å²) in [6, 6.07) is 12.1. The van der Waals surface area contributed by atoms with Gasteiger partial charge in [-0.25, -0.2) is 4.39 Å². The van der Waals surface area contributed by atoms with E-state index in [2.05, 4.69) is 0 Å². The van der Waals surface area contributed by atoms with Crippen LogP contribution in [0.1, 0.15) is 11.1 Å². The molecular formula is C16H16Cl2FN. The van der Waals surface area contributed by atoms with Crippen LogP contribution in [0.2, 0.25) is 10.0 Å². The molecule has 2 aromatic carbocycles. The van der Waals surface area contributed by atoms with Gasteiger partial charge in [0.05, 0.1) is 0 Å². The fraction of sp³-hybridized carbons (Fsp3) is 0.250. The van der Waals surface area contributed by atoms with E-state index in [9.17, 15) is 4.39 Å². The molecule has 0 aliphatic heterocycles. The Labute approximate surface area is 128 Å².